The van der Waals surface area contributed by atoms with Gasteiger partial charge in [0.15, 0.2) is 0 Å². The Balaban J connectivity index is 1.66. The third-order valence-electron chi connectivity index (χ3n) is 5.07. The molecule has 0 aromatic rings. The maximum atomic E-state index is 10.1. The van der Waals surface area contributed by atoms with Crippen LogP contribution in [0.5, 0.6) is 0 Å². The van der Waals surface area contributed by atoms with Crippen molar-refractivity contribution in [1.82, 2.24) is 0 Å². The van der Waals surface area contributed by atoms with Crippen LogP contribution in [0.4, 0.5) is 0 Å². The lowest BCUT2D eigenvalue weighted by Crippen LogP contribution is -2.45. The summed E-state index contributed by atoms with van der Waals surface area (Å²) in [4.78, 5) is 0. The zero-order valence-electron chi connectivity index (χ0n) is 10.6. The van der Waals surface area contributed by atoms with Gasteiger partial charge in [0.2, 0.25) is 0 Å². The van der Waals surface area contributed by atoms with Gasteiger partial charge in [-0.15, -0.1) is 0 Å². The normalized spacial score (nSPS) is 41.8. The highest BCUT2D eigenvalue weighted by Crippen LogP contribution is 2.45. The quantitative estimate of drug-likeness (QED) is 0.782. The van der Waals surface area contributed by atoms with Crippen LogP contribution in [-0.4, -0.2) is 34.9 Å². The van der Waals surface area contributed by atoms with Crippen molar-refractivity contribution in [2.45, 2.75) is 56.7 Å². The van der Waals surface area contributed by atoms with Gasteiger partial charge in [-0.3, -0.25) is 0 Å². The molecule has 0 aromatic carbocycles. The molecule has 0 amide bonds. The predicted molar refractivity (Wildman–Crippen MR) is 71.3 cm³/mol. The lowest BCUT2D eigenvalue weighted by Gasteiger charge is -2.45. The van der Waals surface area contributed by atoms with Crippen molar-refractivity contribution in [3.05, 3.63) is 0 Å². The highest BCUT2D eigenvalue weighted by molar-refractivity contribution is 7.99. The van der Waals surface area contributed by atoms with E-state index in [1.165, 1.54) is 50.0 Å². The minimum Gasteiger partial charge on any atom is -0.393 e. The molecular formula is C14H24O2S. The molecule has 0 radical (unpaired) electrons. The highest BCUT2D eigenvalue weighted by Gasteiger charge is 2.43. The topological polar surface area (TPSA) is 29.5 Å². The van der Waals surface area contributed by atoms with Crippen LogP contribution < -0.4 is 0 Å². The van der Waals surface area contributed by atoms with Crippen LogP contribution in [0.25, 0.3) is 0 Å². The van der Waals surface area contributed by atoms with Gasteiger partial charge in [0.05, 0.1) is 11.7 Å². The van der Waals surface area contributed by atoms with Crippen LogP contribution in [0.2, 0.25) is 0 Å². The molecule has 1 spiro atoms. The van der Waals surface area contributed by atoms with Crippen LogP contribution in [0.3, 0.4) is 0 Å². The Morgan fingerprint density at radius 1 is 1.12 bits per heavy atom. The number of hydrogen-bond acceptors (Lipinski definition) is 3. The van der Waals surface area contributed by atoms with Crippen LogP contribution in [-0.2, 0) is 4.74 Å². The first-order valence-corrected chi connectivity index (χ1v) is 8.34. The molecule has 3 aliphatic rings. The second kappa shape index (κ2) is 5.10. The summed E-state index contributed by atoms with van der Waals surface area (Å²) in [6.45, 7) is 0.929. The molecule has 3 unspecified atom stereocenters. The van der Waals surface area contributed by atoms with E-state index in [1.807, 2.05) is 0 Å². The Bertz CT molecular complexity index is 257. The average molecular weight is 256 g/mol. The van der Waals surface area contributed by atoms with Gasteiger partial charge in [-0.1, -0.05) is 6.42 Å². The number of ether oxygens (including phenoxy) is 1. The van der Waals surface area contributed by atoms with Crippen LogP contribution >= 0.6 is 11.8 Å². The van der Waals surface area contributed by atoms with Crippen molar-refractivity contribution in [2.24, 2.45) is 11.8 Å². The minimum absolute atomic E-state index is 0.0203. The van der Waals surface area contributed by atoms with E-state index in [1.54, 1.807) is 0 Å². The maximum absolute atomic E-state index is 10.1. The summed E-state index contributed by atoms with van der Waals surface area (Å²) in [6, 6.07) is 0. The van der Waals surface area contributed by atoms with Gasteiger partial charge in [-0.05, 0) is 61.9 Å². The van der Waals surface area contributed by atoms with E-state index in [0.717, 1.165) is 18.9 Å². The molecule has 3 fully saturated rings. The summed E-state index contributed by atoms with van der Waals surface area (Å²) in [5, 5.41) is 10.1. The standard InChI is InChI=1S/C14H24O2S/c15-13-3-1-2-12(13)11-4-7-16-14(10-11)5-8-17-9-6-14/h11-13,15H,1-10H2. The molecule has 1 aliphatic carbocycles. The monoisotopic (exact) mass is 256 g/mol. The summed E-state index contributed by atoms with van der Waals surface area (Å²) in [5.41, 5.74) is 0.191. The van der Waals surface area contributed by atoms with E-state index in [2.05, 4.69) is 11.8 Å². The fourth-order valence-electron chi connectivity index (χ4n) is 4.04. The molecule has 3 atom stereocenters. The van der Waals surface area contributed by atoms with Gasteiger partial charge < -0.3 is 9.84 Å². The van der Waals surface area contributed by atoms with Crippen molar-refractivity contribution in [3.8, 4) is 0 Å². The molecule has 2 saturated heterocycles. The molecular weight excluding hydrogens is 232 g/mol. The molecule has 3 heteroatoms. The fraction of sp³-hybridized carbons (Fsp3) is 1.00. The van der Waals surface area contributed by atoms with Crippen molar-refractivity contribution >= 4 is 11.8 Å². The van der Waals surface area contributed by atoms with Crippen molar-refractivity contribution < 1.29 is 9.84 Å². The van der Waals surface area contributed by atoms with Crippen LogP contribution in [0.15, 0.2) is 0 Å². The van der Waals surface area contributed by atoms with Crippen molar-refractivity contribution in [3.63, 3.8) is 0 Å². The number of hydrogen-bond donors (Lipinski definition) is 1. The van der Waals surface area contributed by atoms with Crippen LogP contribution in [0, 0.1) is 11.8 Å². The van der Waals surface area contributed by atoms with E-state index >= 15 is 0 Å². The number of rotatable bonds is 1. The second-order valence-corrected chi connectivity index (χ2v) is 7.28. The van der Waals surface area contributed by atoms with Crippen molar-refractivity contribution in [1.29, 1.82) is 0 Å². The Kier molecular flexibility index (Phi) is 3.69. The molecule has 3 rings (SSSR count). The molecule has 2 heterocycles. The molecule has 0 bridgehead atoms. The summed E-state index contributed by atoms with van der Waals surface area (Å²) in [5.74, 6) is 3.83. The summed E-state index contributed by atoms with van der Waals surface area (Å²) in [6.07, 6.45) is 8.35. The SMILES string of the molecule is OC1CCCC1C1CCOC2(CCSCC2)C1. The summed E-state index contributed by atoms with van der Waals surface area (Å²) in [7, 11) is 0. The lowest BCUT2D eigenvalue weighted by molar-refractivity contribution is -0.116. The Hall–Kier alpha value is 0.270. The average Bonchev–Trinajstić information content (AvgIpc) is 2.77. The van der Waals surface area contributed by atoms with Gasteiger partial charge in [-0.2, -0.15) is 11.8 Å². The van der Waals surface area contributed by atoms with Crippen LogP contribution in [0.1, 0.15) is 44.9 Å². The van der Waals surface area contributed by atoms with E-state index in [9.17, 15) is 5.11 Å². The zero-order valence-corrected chi connectivity index (χ0v) is 11.4. The van der Waals surface area contributed by atoms with E-state index in [4.69, 9.17) is 4.74 Å². The molecule has 1 N–H and O–H groups in total. The van der Waals surface area contributed by atoms with Gasteiger partial charge >= 0.3 is 0 Å². The molecule has 2 nitrogen and oxygen atoms in total. The van der Waals surface area contributed by atoms with Crippen molar-refractivity contribution in [2.75, 3.05) is 18.1 Å². The fourth-order valence-corrected chi connectivity index (χ4v) is 5.28. The first-order valence-electron chi connectivity index (χ1n) is 7.19. The Morgan fingerprint density at radius 2 is 1.94 bits per heavy atom. The summed E-state index contributed by atoms with van der Waals surface area (Å²) >= 11 is 2.07. The third-order valence-corrected chi connectivity index (χ3v) is 6.06. The molecule has 0 aromatic heterocycles. The first kappa shape index (κ1) is 12.3. The third kappa shape index (κ3) is 2.52. The molecule has 2 aliphatic heterocycles. The minimum atomic E-state index is -0.0203. The lowest BCUT2D eigenvalue weighted by atomic mass is 9.75. The second-order valence-electron chi connectivity index (χ2n) is 6.06. The molecule has 17 heavy (non-hydrogen) atoms. The smallest absolute Gasteiger partial charge is 0.0701 e. The molecule has 98 valence electrons. The summed E-state index contributed by atoms with van der Waals surface area (Å²) < 4.78 is 6.14. The Morgan fingerprint density at radius 3 is 2.65 bits per heavy atom. The van der Waals surface area contributed by atoms with E-state index in [0.29, 0.717) is 5.92 Å². The largest absolute Gasteiger partial charge is 0.393 e. The number of thioether (sulfide) groups is 1. The van der Waals surface area contributed by atoms with E-state index < -0.39 is 0 Å². The predicted octanol–water partition coefficient (Wildman–Crippen LogP) is 2.84. The maximum Gasteiger partial charge on any atom is 0.0701 e. The molecule has 1 saturated carbocycles. The Labute approximate surface area is 108 Å². The van der Waals surface area contributed by atoms with Gasteiger partial charge in [0, 0.05) is 6.61 Å². The number of aliphatic hydroxyl groups is 1. The zero-order chi connectivity index (χ0) is 11.7. The number of aliphatic hydroxyl groups excluding tert-OH is 1. The van der Waals surface area contributed by atoms with Gasteiger partial charge in [0.1, 0.15) is 0 Å². The van der Waals surface area contributed by atoms with Gasteiger partial charge in [-0.25, -0.2) is 0 Å². The first-order chi connectivity index (χ1) is 8.29. The van der Waals surface area contributed by atoms with E-state index in [-0.39, 0.29) is 11.7 Å². The van der Waals surface area contributed by atoms with Gasteiger partial charge in [0.25, 0.3) is 0 Å². The highest BCUT2D eigenvalue weighted by atomic mass is 32.2.